The summed E-state index contributed by atoms with van der Waals surface area (Å²) in [5.74, 6) is -1.34. The Labute approximate surface area is 140 Å². The van der Waals surface area contributed by atoms with E-state index < -0.39 is 11.8 Å². The van der Waals surface area contributed by atoms with Crippen molar-refractivity contribution in [1.82, 2.24) is 9.88 Å². The lowest BCUT2D eigenvalue weighted by molar-refractivity contribution is -0.144. The van der Waals surface area contributed by atoms with Gasteiger partial charge in [0, 0.05) is 38.9 Å². The molecule has 2 amide bonds. The Balaban J connectivity index is 2.12. The highest BCUT2D eigenvalue weighted by atomic mass is 16.5. The van der Waals surface area contributed by atoms with Gasteiger partial charge in [-0.15, -0.1) is 0 Å². The van der Waals surface area contributed by atoms with Crippen molar-refractivity contribution < 1.29 is 19.1 Å². The number of carbonyl (C=O) groups is 2. The average Bonchev–Trinajstić information content (AvgIpc) is 2.61. The molecule has 0 bridgehead atoms. The fraction of sp³-hybridized carbons (Fsp3) is 0.353. The van der Waals surface area contributed by atoms with Crippen LogP contribution in [0.3, 0.4) is 0 Å². The molecule has 1 heterocycles. The number of hydrogen-bond acceptors (Lipinski definition) is 5. The summed E-state index contributed by atoms with van der Waals surface area (Å²) in [5, 5.41) is 3.53. The van der Waals surface area contributed by atoms with Crippen LogP contribution < -0.4 is 5.32 Å². The zero-order valence-electron chi connectivity index (χ0n) is 13.8. The Morgan fingerprint density at radius 2 is 1.75 bits per heavy atom. The van der Waals surface area contributed by atoms with E-state index in [4.69, 9.17) is 9.47 Å². The fourth-order valence-corrected chi connectivity index (χ4v) is 2.24. The van der Waals surface area contributed by atoms with E-state index in [2.05, 4.69) is 10.3 Å². The predicted octanol–water partition coefficient (Wildman–Crippen LogP) is 1.29. The average molecular weight is 331 g/mol. The van der Waals surface area contributed by atoms with Crippen molar-refractivity contribution in [2.75, 3.05) is 45.8 Å². The van der Waals surface area contributed by atoms with Gasteiger partial charge in [0.2, 0.25) is 0 Å². The van der Waals surface area contributed by atoms with Gasteiger partial charge in [-0.3, -0.25) is 14.6 Å². The quantitative estimate of drug-likeness (QED) is 0.774. The summed E-state index contributed by atoms with van der Waals surface area (Å²) in [6, 6.07) is 9.12. The molecule has 0 unspecified atom stereocenters. The van der Waals surface area contributed by atoms with Crippen LogP contribution >= 0.6 is 0 Å². The second-order valence-corrected chi connectivity index (χ2v) is 5.11. The van der Waals surface area contributed by atoms with Crippen molar-refractivity contribution >= 4 is 28.4 Å². The van der Waals surface area contributed by atoms with Gasteiger partial charge >= 0.3 is 11.8 Å². The number of methoxy groups -OCH3 is 2. The van der Waals surface area contributed by atoms with Crippen LogP contribution in [-0.2, 0) is 19.1 Å². The summed E-state index contributed by atoms with van der Waals surface area (Å²) < 4.78 is 9.96. The van der Waals surface area contributed by atoms with Crippen LogP contribution in [0.15, 0.2) is 36.5 Å². The van der Waals surface area contributed by atoms with Crippen LogP contribution in [-0.4, -0.2) is 62.2 Å². The smallest absolute Gasteiger partial charge is 0.313 e. The second kappa shape index (κ2) is 8.95. The highest BCUT2D eigenvalue weighted by Gasteiger charge is 2.22. The number of para-hydroxylation sites is 1. The van der Waals surface area contributed by atoms with Crippen LogP contribution in [0.1, 0.15) is 0 Å². The molecule has 24 heavy (non-hydrogen) atoms. The molecule has 0 fully saturated rings. The molecule has 0 saturated heterocycles. The summed E-state index contributed by atoms with van der Waals surface area (Å²) in [4.78, 5) is 30.4. The number of hydrogen-bond donors (Lipinski definition) is 1. The van der Waals surface area contributed by atoms with Crippen LogP contribution in [0.4, 0.5) is 5.69 Å². The number of carbonyl (C=O) groups excluding carboxylic acids is 2. The Hall–Kier alpha value is -2.51. The third-order valence-corrected chi connectivity index (χ3v) is 3.49. The van der Waals surface area contributed by atoms with E-state index in [1.165, 1.54) is 4.90 Å². The maximum absolute atomic E-state index is 12.4. The number of amides is 2. The zero-order chi connectivity index (χ0) is 17.4. The van der Waals surface area contributed by atoms with Crippen LogP contribution in [0.25, 0.3) is 10.9 Å². The molecule has 1 N–H and O–H groups in total. The van der Waals surface area contributed by atoms with Gasteiger partial charge in [-0.25, -0.2) is 0 Å². The van der Waals surface area contributed by atoms with Gasteiger partial charge in [0.15, 0.2) is 0 Å². The van der Waals surface area contributed by atoms with Gasteiger partial charge < -0.3 is 19.7 Å². The number of rotatable bonds is 7. The lowest BCUT2D eigenvalue weighted by Crippen LogP contribution is -2.43. The predicted molar refractivity (Wildman–Crippen MR) is 90.7 cm³/mol. The summed E-state index contributed by atoms with van der Waals surface area (Å²) in [7, 11) is 3.08. The van der Waals surface area contributed by atoms with Crippen molar-refractivity contribution in [3.63, 3.8) is 0 Å². The maximum atomic E-state index is 12.4. The lowest BCUT2D eigenvalue weighted by Gasteiger charge is -2.21. The van der Waals surface area contributed by atoms with E-state index >= 15 is 0 Å². The largest absolute Gasteiger partial charge is 0.383 e. The first kappa shape index (κ1) is 17.8. The van der Waals surface area contributed by atoms with Crippen molar-refractivity contribution in [1.29, 1.82) is 0 Å². The van der Waals surface area contributed by atoms with Gasteiger partial charge in [-0.05, 0) is 12.1 Å². The first-order chi connectivity index (χ1) is 11.7. The summed E-state index contributed by atoms with van der Waals surface area (Å²) in [6.45, 7) is 1.33. The lowest BCUT2D eigenvalue weighted by atomic mass is 10.2. The molecule has 0 atom stereocenters. The van der Waals surface area contributed by atoms with Crippen LogP contribution in [0.2, 0.25) is 0 Å². The van der Waals surface area contributed by atoms with Gasteiger partial charge in [0.25, 0.3) is 0 Å². The van der Waals surface area contributed by atoms with Gasteiger partial charge in [-0.2, -0.15) is 0 Å². The topological polar surface area (TPSA) is 80.8 Å². The Morgan fingerprint density at radius 1 is 1.08 bits per heavy atom. The number of benzene rings is 1. The number of nitrogens with zero attached hydrogens (tertiary/aromatic N) is 2. The van der Waals surface area contributed by atoms with E-state index in [9.17, 15) is 9.59 Å². The minimum absolute atomic E-state index is 0.319. The van der Waals surface area contributed by atoms with Crippen LogP contribution in [0, 0.1) is 0 Å². The van der Waals surface area contributed by atoms with Crippen molar-refractivity contribution in [2.45, 2.75) is 0 Å². The number of pyridine rings is 1. The molecule has 2 rings (SSSR count). The molecule has 0 aliphatic rings. The van der Waals surface area contributed by atoms with E-state index in [0.717, 1.165) is 5.39 Å². The third-order valence-electron chi connectivity index (χ3n) is 3.49. The minimum Gasteiger partial charge on any atom is -0.383 e. The van der Waals surface area contributed by atoms with Crippen LogP contribution in [0.5, 0.6) is 0 Å². The Morgan fingerprint density at radius 3 is 2.42 bits per heavy atom. The zero-order valence-corrected chi connectivity index (χ0v) is 13.8. The third kappa shape index (κ3) is 4.50. The standard InChI is InChI=1S/C17H21N3O4/c1-23-11-9-20(10-12-24-2)17(22)16(21)19-14-7-3-5-13-6-4-8-18-15(13)14/h3-8H,9-12H2,1-2H3,(H,19,21). The number of aromatic nitrogens is 1. The van der Waals surface area contributed by atoms with E-state index in [-0.39, 0.29) is 0 Å². The van der Waals surface area contributed by atoms with E-state index in [0.29, 0.717) is 37.5 Å². The Kier molecular flexibility index (Phi) is 6.65. The fourth-order valence-electron chi connectivity index (χ4n) is 2.24. The number of fused-ring (bicyclic) bond motifs is 1. The molecule has 128 valence electrons. The second-order valence-electron chi connectivity index (χ2n) is 5.11. The molecule has 2 aromatic rings. The highest BCUT2D eigenvalue weighted by molar-refractivity contribution is 6.40. The normalized spacial score (nSPS) is 10.6. The Bertz CT molecular complexity index is 692. The van der Waals surface area contributed by atoms with Gasteiger partial charge in [0.05, 0.1) is 24.4 Å². The monoisotopic (exact) mass is 331 g/mol. The summed E-state index contributed by atoms with van der Waals surface area (Å²) in [6.07, 6.45) is 1.64. The molecule has 0 saturated carbocycles. The highest BCUT2D eigenvalue weighted by Crippen LogP contribution is 2.20. The molecule has 0 aliphatic carbocycles. The summed E-state index contributed by atoms with van der Waals surface area (Å²) >= 11 is 0. The van der Waals surface area contributed by atoms with Gasteiger partial charge in [-0.1, -0.05) is 18.2 Å². The van der Waals surface area contributed by atoms with E-state index in [1.807, 2.05) is 18.2 Å². The maximum Gasteiger partial charge on any atom is 0.313 e. The molecular weight excluding hydrogens is 310 g/mol. The molecule has 1 aromatic heterocycles. The number of ether oxygens (including phenoxy) is 2. The molecular formula is C17H21N3O4. The SMILES string of the molecule is COCCN(CCOC)C(=O)C(=O)Nc1cccc2cccnc12. The number of nitrogens with one attached hydrogen (secondary N) is 1. The first-order valence-corrected chi connectivity index (χ1v) is 7.59. The summed E-state index contributed by atoms with van der Waals surface area (Å²) in [5.41, 5.74) is 1.14. The number of anilines is 1. The first-order valence-electron chi connectivity index (χ1n) is 7.59. The minimum atomic E-state index is -0.708. The van der Waals surface area contributed by atoms with Crippen molar-refractivity contribution in [2.24, 2.45) is 0 Å². The molecule has 7 nitrogen and oxygen atoms in total. The molecule has 7 heteroatoms. The van der Waals surface area contributed by atoms with Crippen molar-refractivity contribution in [3.05, 3.63) is 36.5 Å². The van der Waals surface area contributed by atoms with Crippen molar-refractivity contribution in [3.8, 4) is 0 Å². The van der Waals surface area contributed by atoms with Gasteiger partial charge in [0.1, 0.15) is 0 Å². The van der Waals surface area contributed by atoms with E-state index in [1.54, 1.807) is 32.5 Å². The molecule has 0 spiro atoms. The molecule has 0 aliphatic heterocycles. The molecule has 1 aromatic carbocycles. The molecule has 0 radical (unpaired) electrons.